The highest BCUT2D eigenvalue weighted by molar-refractivity contribution is 5.75. The average molecular weight is 227 g/mol. The van der Waals surface area contributed by atoms with Gasteiger partial charge < -0.3 is 9.88 Å². The van der Waals surface area contributed by atoms with Gasteiger partial charge in [-0.2, -0.15) is 0 Å². The van der Waals surface area contributed by atoms with E-state index in [9.17, 15) is 0 Å². The number of nitrogens with one attached hydrogen (secondary N) is 1. The lowest BCUT2D eigenvalue weighted by atomic mass is 9.99. The van der Waals surface area contributed by atoms with Gasteiger partial charge in [0.2, 0.25) is 0 Å². The summed E-state index contributed by atoms with van der Waals surface area (Å²) in [6.07, 6.45) is 7.26. The van der Waals surface area contributed by atoms with Crippen LogP contribution in [0.15, 0.2) is 30.6 Å². The summed E-state index contributed by atoms with van der Waals surface area (Å²) in [5.41, 5.74) is 2.41. The molecule has 17 heavy (non-hydrogen) atoms. The van der Waals surface area contributed by atoms with Crippen LogP contribution in [-0.4, -0.2) is 21.6 Å². The number of aromatic nitrogens is 2. The predicted octanol–water partition coefficient (Wildman–Crippen LogP) is 2.49. The van der Waals surface area contributed by atoms with Gasteiger partial charge in [-0.25, -0.2) is 4.98 Å². The van der Waals surface area contributed by atoms with Crippen molar-refractivity contribution in [3.63, 3.8) is 0 Å². The molecule has 3 heteroatoms. The summed E-state index contributed by atoms with van der Waals surface area (Å²) in [7, 11) is 0. The monoisotopic (exact) mass is 227 g/mol. The van der Waals surface area contributed by atoms with E-state index in [0.29, 0.717) is 6.04 Å². The maximum absolute atomic E-state index is 4.51. The smallest absolute Gasteiger partial charge is 0.0960 e. The Morgan fingerprint density at radius 2 is 1.88 bits per heavy atom. The number of hydrogen-bond acceptors (Lipinski definition) is 2. The van der Waals surface area contributed by atoms with Gasteiger partial charge in [-0.1, -0.05) is 12.1 Å². The number of imidazole rings is 1. The van der Waals surface area contributed by atoms with E-state index in [4.69, 9.17) is 0 Å². The van der Waals surface area contributed by atoms with Crippen LogP contribution >= 0.6 is 0 Å². The normalized spacial score (nSPS) is 32.1. The second-order valence-electron chi connectivity index (χ2n) is 5.40. The zero-order valence-corrected chi connectivity index (χ0v) is 9.84. The van der Waals surface area contributed by atoms with Gasteiger partial charge in [0.25, 0.3) is 0 Å². The van der Waals surface area contributed by atoms with Gasteiger partial charge in [0, 0.05) is 18.1 Å². The van der Waals surface area contributed by atoms with Crippen molar-refractivity contribution >= 4 is 11.0 Å². The van der Waals surface area contributed by atoms with Crippen molar-refractivity contribution in [2.24, 2.45) is 0 Å². The van der Waals surface area contributed by atoms with Gasteiger partial charge in [-0.15, -0.1) is 0 Å². The van der Waals surface area contributed by atoms with Crippen LogP contribution in [0.2, 0.25) is 0 Å². The standard InChI is InChI=1S/C14H17N3/c1-2-4-14-13(3-1)15-9-17(14)12-7-10-5-6-11(8-12)16-10/h1-4,9-12,16H,5-8H2/t10-,11+,12?. The van der Waals surface area contributed by atoms with Crippen LogP contribution in [0.5, 0.6) is 0 Å². The fourth-order valence-electron chi connectivity index (χ4n) is 3.52. The molecule has 1 aromatic heterocycles. The minimum Gasteiger partial charge on any atom is -0.327 e. The lowest BCUT2D eigenvalue weighted by Gasteiger charge is -2.30. The third-order valence-corrected chi connectivity index (χ3v) is 4.32. The highest BCUT2D eigenvalue weighted by atomic mass is 15.1. The molecule has 2 aliphatic heterocycles. The summed E-state index contributed by atoms with van der Waals surface area (Å²) in [5.74, 6) is 0. The summed E-state index contributed by atoms with van der Waals surface area (Å²) in [5, 5.41) is 3.70. The number of nitrogens with zero attached hydrogens (tertiary/aromatic N) is 2. The molecule has 4 rings (SSSR count). The van der Waals surface area contributed by atoms with Crippen LogP contribution < -0.4 is 5.32 Å². The third kappa shape index (κ3) is 1.49. The van der Waals surface area contributed by atoms with Crippen LogP contribution in [0.25, 0.3) is 11.0 Å². The molecule has 2 fully saturated rings. The molecule has 3 atom stereocenters. The molecule has 0 radical (unpaired) electrons. The van der Waals surface area contributed by atoms with E-state index in [1.807, 2.05) is 6.33 Å². The van der Waals surface area contributed by atoms with Crippen molar-refractivity contribution in [1.29, 1.82) is 0 Å². The van der Waals surface area contributed by atoms with E-state index in [0.717, 1.165) is 17.6 Å². The Kier molecular flexibility index (Phi) is 2.03. The number of para-hydroxylation sites is 2. The van der Waals surface area contributed by atoms with Gasteiger partial charge >= 0.3 is 0 Å². The van der Waals surface area contributed by atoms with E-state index in [1.165, 1.54) is 31.2 Å². The maximum atomic E-state index is 4.51. The molecule has 2 aliphatic rings. The number of benzene rings is 1. The lowest BCUT2D eigenvalue weighted by molar-refractivity contribution is 0.303. The molecule has 0 spiro atoms. The largest absolute Gasteiger partial charge is 0.327 e. The molecule has 1 unspecified atom stereocenters. The molecule has 2 saturated heterocycles. The summed E-state index contributed by atoms with van der Waals surface area (Å²) in [6, 6.07) is 10.6. The van der Waals surface area contributed by atoms with Crippen LogP contribution in [0.4, 0.5) is 0 Å². The fourth-order valence-corrected chi connectivity index (χ4v) is 3.52. The first-order chi connectivity index (χ1) is 8.40. The number of fused-ring (bicyclic) bond motifs is 3. The summed E-state index contributed by atoms with van der Waals surface area (Å²) in [6.45, 7) is 0. The molecule has 88 valence electrons. The van der Waals surface area contributed by atoms with Crippen molar-refractivity contribution in [3.8, 4) is 0 Å². The van der Waals surface area contributed by atoms with Crippen molar-refractivity contribution in [3.05, 3.63) is 30.6 Å². The van der Waals surface area contributed by atoms with E-state index in [1.54, 1.807) is 0 Å². The summed E-state index contributed by atoms with van der Waals surface area (Å²) < 4.78 is 2.39. The Morgan fingerprint density at radius 1 is 1.12 bits per heavy atom. The van der Waals surface area contributed by atoms with E-state index < -0.39 is 0 Å². The fraction of sp³-hybridized carbons (Fsp3) is 0.500. The van der Waals surface area contributed by atoms with Gasteiger partial charge in [0.05, 0.1) is 17.4 Å². The molecule has 0 aliphatic carbocycles. The molecular formula is C14H17N3. The first-order valence-electron chi connectivity index (χ1n) is 6.58. The predicted molar refractivity (Wildman–Crippen MR) is 67.9 cm³/mol. The zero-order chi connectivity index (χ0) is 11.2. The highest BCUT2D eigenvalue weighted by Crippen LogP contribution is 2.35. The molecule has 0 amide bonds. The molecule has 1 N–H and O–H groups in total. The van der Waals surface area contributed by atoms with E-state index in [-0.39, 0.29) is 0 Å². The molecule has 0 saturated carbocycles. The quantitative estimate of drug-likeness (QED) is 0.811. The molecule has 2 aromatic rings. The minimum atomic E-state index is 0.640. The van der Waals surface area contributed by atoms with Gasteiger partial charge in [0.15, 0.2) is 0 Å². The van der Waals surface area contributed by atoms with Gasteiger partial charge in [0.1, 0.15) is 0 Å². The van der Waals surface area contributed by atoms with Crippen LogP contribution in [-0.2, 0) is 0 Å². The molecule has 1 aromatic carbocycles. The van der Waals surface area contributed by atoms with E-state index >= 15 is 0 Å². The van der Waals surface area contributed by atoms with Crippen LogP contribution in [0, 0.1) is 0 Å². The van der Waals surface area contributed by atoms with Crippen molar-refractivity contribution in [2.45, 2.75) is 43.8 Å². The van der Waals surface area contributed by atoms with Gasteiger partial charge in [-0.05, 0) is 37.8 Å². The van der Waals surface area contributed by atoms with E-state index in [2.05, 4.69) is 39.1 Å². The maximum Gasteiger partial charge on any atom is 0.0960 e. The minimum absolute atomic E-state index is 0.640. The number of hydrogen-bond donors (Lipinski definition) is 1. The van der Waals surface area contributed by atoms with Crippen LogP contribution in [0.1, 0.15) is 31.7 Å². The molecule has 2 bridgehead atoms. The average Bonchev–Trinajstić information content (AvgIpc) is 2.93. The van der Waals surface area contributed by atoms with Gasteiger partial charge in [-0.3, -0.25) is 0 Å². The Bertz CT molecular complexity index is 533. The first kappa shape index (κ1) is 9.66. The Morgan fingerprint density at radius 3 is 2.71 bits per heavy atom. The molecular weight excluding hydrogens is 210 g/mol. The van der Waals surface area contributed by atoms with Crippen molar-refractivity contribution in [2.75, 3.05) is 0 Å². The second kappa shape index (κ2) is 3.57. The lowest BCUT2D eigenvalue weighted by Crippen LogP contribution is -2.38. The third-order valence-electron chi connectivity index (χ3n) is 4.32. The SMILES string of the molecule is c1ccc2c(c1)ncn2C1C[C@H]2CC[C@@H](C1)N2. The second-order valence-corrected chi connectivity index (χ2v) is 5.40. The van der Waals surface area contributed by atoms with Crippen molar-refractivity contribution < 1.29 is 0 Å². The first-order valence-corrected chi connectivity index (χ1v) is 6.58. The topological polar surface area (TPSA) is 29.9 Å². The van der Waals surface area contributed by atoms with Crippen LogP contribution in [0.3, 0.4) is 0 Å². The summed E-state index contributed by atoms with van der Waals surface area (Å²) >= 11 is 0. The Labute approximate surface area is 101 Å². The highest BCUT2D eigenvalue weighted by Gasteiger charge is 2.34. The molecule has 3 heterocycles. The Hall–Kier alpha value is -1.35. The summed E-state index contributed by atoms with van der Waals surface area (Å²) in [4.78, 5) is 4.51. The molecule has 3 nitrogen and oxygen atoms in total. The number of rotatable bonds is 1. The Balaban J connectivity index is 1.74. The van der Waals surface area contributed by atoms with Crippen molar-refractivity contribution in [1.82, 2.24) is 14.9 Å². The zero-order valence-electron chi connectivity index (χ0n) is 9.84. The number of piperidine rings is 1.